The van der Waals surface area contributed by atoms with Crippen molar-refractivity contribution in [2.24, 2.45) is 5.92 Å². The first-order valence-electron chi connectivity index (χ1n) is 5.53. The van der Waals surface area contributed by atoms with Crippen LogP contribution < -0.4 is 5.32 Å². The second kappa shape index (κ2) is 4.86. The van der Waals surface area contributed by atoms with Gasteiger partial charge in [-0.2, -0.15) is 0 Å². The maximum absolute atomic E-state index is 11.8. The number of anilines is 1. The molecule has 0 aliphatic carbocycles. The average Bonchev–Trinajstić information content (AvgIpc) is 2.22. The number of halogens is 1. The number of benzene rings is 1. The number of nitrogens with zero attached hydrogens (tertiary/aromatic N) is 1. The number of likely N-dealkylation sites (tertiary alicyclic amines) is 1. The molecule has 18 heavy (non-hydrogen) atoms. The fourth-order valence-corrected chi connectivity index (χ4v) is 1.91. The average molecular weight is 269 g/mol. The van der Waals surface area contributed by atoms with Crippen molar-refractivity contribution >= 4 is 29.3 Å². The summed E-state index contributed by atoms with van der Waals surface area (Å²) >= 11 is 5.95. The minimum Gasteiger partial charge on any atom is -0.481 e. The van der Waals surface area contributed by atoms with Crippen LogP contribution in [0, 0.1) is 12.8 Å². The molecule has 1 aliphatic rings. The Morgan fingerprint density at radius 3 is 2.72 bits per heavy atom. The number of carbonyl (C=O) groups is 2. The highest BCUT2D eigenvalue weighted by Gasteiger charge is 2.35. The molecule has 0 unspecified atom stereocenters. The van der Waals surface area contributed by atoms with Gasteiger partial charge >= 0.3 is 12.0 Å². The molecule has 0 aromatic heterocycles. The van der Waals surface area contributed by atoms with E-state index in [1.807, 2.05) is 6.92 Å². The maximum Gasteiger partial charge on any atom is 0.321 e. The van der Waals surface area contributed by atoms with Gasteiger partial charge in [-0.1, -0.05) is 17.7 Å². The molecule has 1 aromatic rings. The van der Waals surface area contributed by atoms with Crippen molar-refractivity contribution in [1.82, 2.24) is 4.90 Å². The van der Waals surface area contributed by atoms with Crippen LogP contribution in [-0.2, 0) is 4.79 Å². The summed E-state index contributed by atoms with van der Waals surface area (Å²) in [5.74, 6) is -1.31. The lowest BCUT2D eigenvalue weighted by molar-refractivity contribution is -0.145. The van der Waals surface area contributed by atoms with Crippen molar-refractivity contribution in [3.63, 3.8) is 0 Å². The predicted molar refractivity (Wildman–Crippen MR) is 67.9 cm³/mol. The zero-order valence-corrected chi connectivity index (χ0v) is 10.6. The molecular weight excluding hydrogens is 256 g/mol. The smallest absolute Gasteiger partial charge is 0.321 e. The molecule has 1 heterocycles. The topological polar surface area (TPSA) is 69.6 Å². The number of nitrogens with one attached hydrogen (secondary N) is 1. The Bertz CT molecular complexity index is 498. The minimum atomic E-state index is -0.863. The van der Waals surface area contributed by atoms with E-state index in [1.165, 1.54) is 4.90 Å². The number of urea groups is 1. The molecule has 5 nitrogen and oxygen atoms in total. The second-order valence-corrected chi connectivity index (χ2v) is 4.69. The molecule has 0 saturated carbocycles. The number of carboxylic acid groups (broad SMARTS) is 1. The molecule has 1 aliphatic heterocycles. The van der Waals surface area contributed by atoms with E-state index < -0.39 is 11.9 Å². The SMILES string of the molecule is Cc1c(Cl)cccc1NC(=O)N1CC(C(=O)O)C1. The van der Waals surface area contributed by atoms with Gasteiger partial charge in [-0.15, -0.1) is 0 Å². The van der Waals surface area contributed by atoms with Crippen LogP contribution in [0.3, 0.4) is 0 Å². The molecule has 2 N–H and O–H groups in total. The third-order valence-corrected chi connectivity index (χ3v) is 3.44. The zero-order chi connectivity index (χ0) is 13.3. The molecule has 96 valence electrons. The van der Waals surface area contributed by atoms with Gasteiger partial charge in [0.25, 0.3) is 0 Å². The van der Waals surface area contributed by atoms with Crippen molar-refractivity contribution in [1.29, 1.82) is 0 Å². The van der Waals surface area contributed by atoms with Crippen LogP contribution in [0.2, 0.25) is 5.02 Å². The highest BCUT2D eigenvalue weighted by molar-refractivity contribution is 6.31. The standard InChI is InChI=1S/C12H13ClN2O3/c1-7-9(13)3-2-4-10(7)14-12(18)15-5-8(6-15)11(16)17/h2-4,8H,5-6H2,1H3,(H,14,18)(H,16,17). The zero-order valence-electron chi connectivity index (χ0n) is 9.81. The van der Waals surface area contributed by atoms with E-state index in [4.69, 9.17) is 16.7 Å². The Balaban J connectivity index is 1.97. The summed E-state index contributed by atoms with van der Waals surface area (Å²) in [7, 11) is 0. The summed E-state index contributed by atoms with van der Waals surface area (Å²) in [4.78, 5) is 23.9. The van der Waals surface area contributed by atoms with Crippen molar-refractivity contribution in [2.75, 3.05) is 18.4 Å². The van der Waals surface area contributed by atoms with Crippen LogP contribution in [0.25, 0.3) is 0 Å². The molecule has 0 bridgehead atoms. The Morgan fingerprint density at radius 1 is 1.44 bits per heavy atom. The molecule has 1 fully saturated rings. The van der Waals surface area contributed by atoms with Gasteiger partial charge in [-0.25, -0.2) is 4.79 Å². The van der Waals surface area contributed by atoms with E-state index in [-0.39, 0.29) is 19.1 Å². The first kappa shape index (κ1) is 12.7. The van der Waals surface area contributed by atoms with Gasteiger partial charge in [0.15, 0.2) is 0 Å². The number of hydrogen-bond acceptors (Lipinski definition) is 2. The van der Waals surface area contributed by atoms with Gasteiger partial charge in [-0.05, 0) is 24.6 Å². The highest BCUT2D eigenvalue weighted by Crippen LogP contribution is 2.24. The molecule has 2 amide bonds. The van der Waals surface area contributed by atoms with Crippen LogP contribution in [0.5, 0.6) is 0 Å². The summed E-state index contributed by atoms with van der Waals surface area (Å²) in [5, 5.41) is 12.0. The highest BCUT2D eigenvalue weighted by atomic mass is 35.5. The number of hydrogen-bond donors (Lipinski definition) is 2. The number of rotatable bonds is 2. The lowest BCUT2D eigenvalue weighted by atomic mass is 10.0. The molecule has 1 saturated heterocycles. The third-order valence-electron chi connectivity index (χ3n) is 3.03. The molecule has 1 aromatic carbocycles. The first-order chi connectivity index (χ1) is 8.49. The number of aliphatic carboxylic acids is 1. The molecule has 2 rings (SSSR count). The summed E-state index contributed by atoms with van der Waals surface area (Å²) in [6.07, 6.45) is 0. The van der Waals surface area contributed by atoms with Crippen LogP contribution in [0.4, 0.5) is 10.5 Å². The predicted octanol–water partition coefficient (Wildman–Crippen LogP) is 2.20. The summed E-state index contributed by atoms with van der Waals surface area (Å²) in [6.45, 7) is 2.32. The van der Waals surface area contributed by atoms with Crippen molar-refractivity contribution in [3.05, 3.63) is 28.8 Å². The third kappa shape index (κ3) is 2.41. The fraction of sp³-hybridized carbons (Fsp3) is 0.333. The van der Waals surface area contributed by atoms with Crippen LogP contribution in [0.1, 0.15) is 5.56 Å². The van der Waals surface area contributed by atoms with Gasteiger partial charge in [0.1, 0.15) is 0 Å². The lowest BCUT2D eigenvalue weighted by Gasteiger charge is -2.36. The quantitative estimate of drug-likeness (QED) is 0.864. The monoisotopic (exact) mass is 268 g/mol. The van der Waals surface area contributed by atoms with Gasteiger partial charge in [-0.3, -0.25) is 4.79 Å². The Morgan fingerprint density at radius 2 is 2.11 bits per heavy atom. The van der Waals surface area contributed by atoms with Gasteiger partial charge < -0.3 is 15.3 Å². The molecule has 0 spiro atoms. The van der Waals surface area contributed by atoms with Crippen molar-refractivity contribution in [3.8, 4) is 0 Å². The summed E-state index contributed by atoms with van der Waals surface area (Å²) in [5.41, 5.74) is 1.44. The van der Waals surface area contributed by atoms with Gasteiger partial charge in [0.2, 0.25) is 0 Å². The summed E-state index contributed by atoms with van der Waals surface area (Å²) < 4.78 is 0. The first-order valence-corrected chi connectivity index (χ1v) is 5.90. The fourth-order valence-electron chi connectivity index (χ4n) is 1.74. The van der Waals surface area contributed by atoms with Crippen LogP contribution in [-0.4, -0.2) is 35.1 Å². The maximum atomic E-state index is 11.8. The van der Waals surface area contributed by atoms with Gasteiger partial charge in [0.05, 0.1) is 5.92 Å². The van der Waals surface area contributed by atoms with E-state index in [1.54, 1.807) is 18.2 Å². The van der Waals surface area contributed by atoms with E-state index in [2.05, 4.69) is 5.32 Å². The van der Waals surface area contributed by atoms with Crippen molar-refractivity contribution in [2.45, 2.75) is 6.92 Å². The number of amides is 2. The van der Waals surface area contributed by atoms with Gasteiger partial charge in [0, 0.05) is 23.8 Å². The largest absolute Gasteiger partial charge is 0.481 e. The number of carbonyl (C=O) groups excluding carboxylic acids is 1. The molecule has 6 heteroatoms. The Kier molecular flexibility index (Phi) is 3.43. The molecule has 0 radical (unpaired) electrons. The van der Waals surface area contributed by atoms with Crippen LogP contribution >= 0.6 is 11.6 Å². The summed E-state index contributed by atoms with van der Waals surface area (Å²) in [6, 6.07) is 4.96. The lowest BCUT2D eigenvalue weighted by Crippen LogP contribution is -2.54. The minimum absolute atomic E-state index is 0.251. The van der Waals surface area contributed by atoms with E-state index >= 15 is 0 Å². The van der Waals surface area contributed by atoms with E-state index in [0.717, 1.165) is 5.56 Å². The van der Waals surface area contributed by atoms with E-state index in [0.29, 0.717) is 10.7 Å². The normalized spacial score (nSPS) is 15.1. The van der Waals surface area contributed by atoms with E-state index in [9.17, 15) is 9.59 Å². The molecule has 0 atom stereocenters. The Hall–Kier alpha value is -1.75. The Labute approximate surface area is 109 Å². The van der Waals surface area contributed by atoms with Crippen LogP contribution in [0.15, 0.2) is 18.2 Å². The number of carboxylic acids is 1. The van der Waals surface area contributed by atoms with Crippen molar-refractivity contribution < 1.29 is 14.7 Å². The molecular formula is C12H13ClN2O3. The second-order valence-electron chi connectivity index (χ2n) is 4.28.